The fourth-order valence-corrected chi connectivity index (χ4v) is 2.48. The summed E-state index contributed by atoms with van der Waals surface area (Å²) < 4.78 is 5.48. The van der Waals surface area contributed by atoms with Crippen molar-refractivity contribution in [1.29, 1.82) is 0 Å². The van der Waals surface area contributed by atoms with E-state index in [1.165, 1.54) is 38.8 Å². The number of aliphatic hydroxyl groups is 1. The average molecular weight is 256 g/mol. The maximum Gasteiger partial charge on any atom is 0.0897 e. The third-order valence-corrected chi connectivity index (χ3v) is 3.94. The van der Waals surface area contributed by atoms with Crippen LogP contribution in [0.25, 0.3) is 0 Å². The molecule has 0 amide bonds. The Bertz CT molecular complexity index is 228. The monoisotopic (exact) mass is 256 g/mol. The number of hydrogen-bond acceptors (Lipinski definition) is 4. The number of likely N-dealkylation sites (tertiary alicyclic amines) is 1. The molecule has 2 rings (SSSR count). The molecule has 1 saturated heterocycles. The number of nitrogens with zero attached hydrogens (tertiary/aromatic N) is 1. The van der Waals surface area contributed by atoms with E-state index >= 15 is 0 Å². The topological polar surface area (TPSA) is 44.7 Å². The fraction of sp³-hybridized carbons (Fsp3) is 1.00. The summed E-state index contributed by atoms with van der Waals surface area (Å²) in [5.41, 5.74) is 0. The van der Waals surface area contributed by atoms with Gasteiger partial charge in [-0.05, 0) is 51.6 Å². The molecule has 2 fully saturated rings. The van der Waals surface area contributed by atoms with Crippen molar-refractivity contribution in [1.82, 2.24) is 10.2 Å². The van der Waals surface area contributed by atoms with Crippen molar-refractivity contribution in [3.05, 3.63) is 0 Å². The highest BCUT2D eigenvalue weighted by Gasteiger charge is 2.21. The quantitative estimate of drug-likeness (QED) is 0.642. The zero-order chi connectivity index (χ0) is 12.8. The van der Waals surface area contributed by atoms with Crippen LogP contribution in [0.3, 0.4) is 0 Å². The van der Waals surface area contributed by atoms with Gasteiger partial charge in [-0.1, -0.05) is 0 Å². The lowest BCUT2D eigenvalue weighted by molar-refractivity contribution is 0.0319. The minimum Gasteiger partial charge on any atom is -0.389 e. The van der Waals surface area contributed by atoms with Crippen LogP contribution < -0.4 is 5.32 Å². The summed E-state index contributed by atoms with van der Waals surface area (Å²) in [7, 11) is 0. The Labute approximate surface area is 111 Å². The largest absolute Gasteiger partial charge is 0.389 e. The van der Waals surface area contributed by atoms with Gasteiger partial charge >= 0.3 is 0 Å². The molecular weight excluding hydrogens is 228 g/mol. The van der Waals surface area contributed by atoms with Crippen LogP contribution in [0.1, 0.15) is 32.6 Å². The number of nitrogens with one attached hydrogen (secondary N) is 1. The Hall–Kier alpha value is -0.160. The van der Waals surface area contributed by atoms with Gasteiger partial charge in [-0.2, -0.15) is 0 Å². The number of rotatable bonds is 9. The van der Waals surface area contributed by atoms with E-state index in [-0.39, 0.29) is 6.10 Å². The SMILES string of the molecule is CC(CNCC(O)COCC1CC1)N1CCCC1. The molecule has 2 aliphatic rings. The lowest BCUT2D eigenvalue weighted by Gasteiger charge is -2.24. The second kappa shape index (κ2) is 7.43. The summed E-state index contributed by atoms with van der Waals surface area (Å²) in [4.78, 5) is 2.52. The van der Waals surface area contributed by atoms with Crippen molar-refractivity contribution in [2.24, 2.45) is 5.92 Å². The molecule has 0 bridgehead atoms. The molecule has 2 N–H and O–H groups in total. The molecular formula is C14H28N2O2. The van der Waals surface area contributed by atoms with Gasteiger partial charge in [-0.15, -0.1) is 0 Å². The third kappa shape index (κ3) is 5.22. The molecule has 2 atom stereocenters. The molecule has 1 aliphatic heterocycles. The Morgan fingerprint density at radius 1 is 1.28 bits per heavy atom. The number of aliphatic hydroxyl groups excluding tert-OH is 1. The zero-order valence-electron chi connectivity index (χ0n) is 11.6. The highest BCUT2D eigenvalue weighted by atomic mass is 16.5. The molecule has 1 saturated carbocycles. The second-order valence-corrected chi connectivity index (χ2v) is 5.89. The van der Waals surface area contributed by atoms with Crippen LogP contribution in [0, 0.1) is 5.92 Å². The van der Waals surface area contributed by atoms with E-state index in [4.69, 9.17) is 4.74 Å². The van der Waals surface area contributed by atoms with Crippen LogP contribution in [0.4, 0.5) is 0 Å². The first-order valence-corrected chi connectivity index (χ1v) is 7.46. The average Bonchev–Trinajstić information content (AvgIpc) is 3.01. The van der Waals surface area contributed by atoms with Gasteiger partial charge in [0.2, 0.25) is 0 Å². The van der Waals surface area contributed by atoms with Gasteiger partial charge in [0.15, 0.2) is 0 Å². The molecule has 0 aromatic rings. The predicted molar refractivity (Wildman–Crippen MR) is 72.7 cm³/mol. The van der Waals surface area contributed by atoms with Crippen molar-refractivity contribution < 1.29 is 9.84 Å². The van der Waals surface area contributed by atoms with Gasteiger partial charge in [0, 0.05) is 25.7 Å². The van der Waals surface area contributed by atoms with Gasteiger partial charge < -0.3 is 15.2 Å². The van der Waals surface area contributed by atoms with Crippen molar-refractivity contribution >= 4 is 0 Å². The lowest BCUT2D eigenvalue weighted by atomic mass is 10.3. The molecule has 0 spiro atoms. The van der Waals surface area contributed by atoms with E-state index in [9.17, 15) is 5.11 Å². The zero-order valence-corrected chi connectivity index (χ0v) is 11.6. The normalized spacial score (nSPS) is 24.3. The molecule has 0 aromatic carbocycles. The second-order valence-electron chi connectivity index (χ2n) is 5.89. The van der Waals surface area contributed by atoms with Crippen molar-refractivity contribution in [2.45, 2.75) is 44.8 Å². The Morgan fingerprint density at radius 2 is 2.00 bits per heavy atom. The van der Waals surface area contributed by atoms with E-state index in [2.05, 4.69) is 17.1 Å². The van der Waals surface area contributed by atoms with E-state index in [1.807, 2.05) is 0 Å². The number of hydrogen-bond donors (Lipinski definition) is 2. The molecule has 4 heteroatoms. The van der Waals surface area contributed by atoms with Crippen LogP contribution in [-0.4, -0.2) is 61.5 Å². The van der Waals surface area contributed by atoms with Crippen LogP contribution in [-0.2, 0) is 4.74 Å². The summed E-state index contributed by atoms with van der Waals surface area (Å²) in [5.74, 6) is 0.778. The van der Waals surface area contributed by atoms with E-state index in [0.29, 0.717) is 19.2 Å². The van der Waals surface area contributed by atoms with Crippen LogP contribution in [0.2, 0.25) is 0 Å². The molecule has 2 unspecified atom stereocenters. The Balaban J connectivity index is 1.45. The predicted octanol–water partition coefficient (Wildman–Crippen LogP) is 0.848. The highest BCUT2D eigenvalue weighted by molar-refractivity contribution is 4.75. The summed E-state index contributed by atoms with van der Waals surface area (Å²) >= 11 is 0. The van der Waals surface area contributed by atoms with Crippen LogP contribution in [0.5, 0.6) is 0 Å². The summed E-state index contributed by atoms with van der Waals surface area (Å²) in [6.45, 7) is 7.63. The molecule has 0 radical (unpaired) electrons. The van der Waals surface area contributed by atoms with Gasteiger partial charge in [0.25, 0.3) is 0 Å². The maximum atomic E-state index is 9.76. The molecule has 18 heavy (non-hydrogen) atoms. The highest BCUT2D eigenvalue weighted by Crippen LogP contribution is 2.28. The van der Waals surface area contributed by atoms with E-state index in [1.54, 1.807) is 0 Å². The Kier molecular flexibility index (Phi) is 5.89. The lowest BCUT2D eigenvalue weighted by Crippen LogP contribution is -2.41. The first-order valence-electron chi connectivity index (χ1n) is 7.46. The smallest absolute Gasteiger partial charge is 0.0897 e. The van der Waals surface area contributed by atoms with Gasteiger partial charge in [-0.3, -0.25) is 4.90 Å². The van der Waals surface area contributed by atoms with Crippen LogP contribution in [0.15, 0.2) is 0 Å². The minimum absolute atomic E-state index is 0.366. The van der Waals surface area contributed by atoms with Crippen LogP contribution >= 0.6 is 0 Å². The summed E-state index contributed by atoms with van der Waals surface area (Å²) in [6.07, 6.45) is 4.92. The van der Waals surface area contributed by atoms with Crippen molar-refractivity contribution in [3.63, 3.8) is 0 Å². The van der Waals surface area contributed by atoms with Crippen molar-refractivity contribution in [2.75, 3.05) is 39.4 Å². The van der Waals surface area contributed by atoms with E-state index in [0.717, 1.165) is 19.1 Å². The van der Waals surface area contributed by atoms with Gasteiger partial charge in [0.1, 0.15) is 0 Å². The van der Waals surface area contributed by atoms with E-state index < -0.39 is 0 Å². The maximum absolute atomic E-state index is 9.76. The van der Waals surface area contributed by atoms with Gasteiger partial charge in [0.05, 0.1) is 12.7 Å². The molecule has 1 aliphatic carbocycles. The Morgan fingerprint density at radius 3 is 2.67 bits per heavy atom. The molecule has 1 heterocycles. The third-order valence-electron chi connectivity index (χ3n) is 3.94. The van der Waals surface area contributed by atoms with Crippen molar-refractivity contribution in [3.8, 4) is 0 Å². The molecule has 4 nitrogen and oxygen atoms in total. The minimum atomic E-state index is -0.366. The summed E-state index contributed by atoms with van der Waals surface area (Å²) in [6, 6.07) is 0.576. The number of ether oxygens (including phenoxy) is 1. The summed E-state index contributed by atoms with van der Waals surface area (Å²) in [5, 5.41) is 13.1. The fourth-order valence-electron chi connectivity index (χ4n) is 2.48. The standard InChI is InChI=1S/C14H28N2O2/c1-12(16-6-2-3-7-16)8-15-9-14(17)11-18-10-13-4-5-13/h12-15,17H,2-11H2,1H3. The molecule has 106 valence electrons. The van der Waals surface area contributed by atoms with Gasteiger partial charge in [-0.25, -0.2) is 0 Å². The molecule has 0 aromatic heterocycles. The first-order chi connectivity index (χ1) is 8.75. The first kappa shape index (κ1) is 14.3.